The van der Waals surface area contributed by atoms with Crippen LogP contribution in [0.1, 0.15) is 37.7 Å². The van der Waals surface area contributed by atoms with Gasteiger partial charge in [-0.1, -0.05) is 29.3 Å². The summed E-state index contributed by atoms with van der Waals surface area (Å²) in [6.45, 7) is 0.686. The number of hydrogen-bond donors (Lipinski definition) is 1. The predicted octanol–water partition coefficient (Wildman–Crippen LogP) is 4.72. The molecule has 2 nitrogen and oxygen atoms in total. The molecule has 1 aliphatic rings. The monoisotopic (exact) mass is 341 g/mol. The first-order valence-electron chi connectivity index (χ1n) is 7.62. The summed E-state index contributed by atoms with van der Waals surface area (Å²) >= 11 is 7.33. The summed E-state index contributed by atoms with van der Waals surface area (Å²) in [5.41, 5.74) is 1.92. The molecule has 0 unspecified atom stereocenters. The van der Waals surface area contributed by atoms with Gasteiger partial charge in [0.05, 0.1) is 5.75 Å². The van der Waals surface area contributed by atoms with Crippen LogP contribution in [0.5, 0.6) is 0 Å². The van der Waals surface area contributed by atoms with Gasteiger partial charge in [0.15, 0.2) is 0 Å². The van der Waals surface area contributed by atoms with E-state index in [1.807, 2.05) is 0 Å². The molecule has 1 amide bonds. The lowest BCUT2D eigenvalue weighted by Crippen LogP contribution is -2.26. The van der Waals surface area contributed by atoms with E-state index in [-0.39, 0.29) is 11.7 Å². The Morgan fingerprint density at radius 1 is 1.36 bits per heavy atom. The summed E-state index contributed by atoms with van der Waals surface area (Å²) in [7, 11) is 0. The van der Waals surface area contributed by atoms with Gasteiger partial charge in [-0.05, 0) is 44.2 Å². The van der Waals surface area contributed by atoms with Crippen molar-refractivity contribution in [3.05, 3.63) is 46.3 Å². The molecule has 120 valence electrons. The zero-order valence-corrected chi connectivity index (χ0v) is 14.1. The molecule has 0 heterocycles. The van der Waals surface area contributed by atoms with Crippen molar-refractivity contribution >= 4 is 29.3 Å². The van der Waals surface area contributed by atoms with Crippen LogP contribution in [0.25, 0.3) is 0 Å². The van der Waals surface area contributed by atoms with E-state index >= 15 is 0 Å². The highest BCUT2D eigenvalue weighted by Crippen LogP contribution is 2.23. The summed E-state index contributed by atoms with van der Waals surface area (Å²) in [6.07, 6.45) is 8.11. The lowest BCUT2D eigenvalue weighted by atomic mass is 9.97. The molecule has 0 atom stereocenters. The van der Waals surface area contributed by atoms with E-state index in [2.05, 4.69) is 11.4 Å². The van der Waals surface area contributed by atoms with Crippen LogP contribution in [0.15, 0.2) is 29.8 Å². The maximum Gasteiger partial charge on any atom is 0.230 e. The summed E-state index contributed by atoms with van der Waals surface area (Å²) in [5, 5.41) is 3.33. The first-order valence-corrected chi connectivity index (χ1v) is 9.15. The maximum atomic E-state index is 13.6. The Morgan fingerprint density at radius 2 is 2.23 bits per heavy atom. The Balaban J connectivity index is 1.64. The highest BCUT2D eigenvalue weighted by molar-refractivity contribution is 7.99. The average Bonchev–Trinajstić information content (AvgIpc) is 2.51. The molecule has 0 fully saturated rings. The van der Waals surface area contributed by atoms with Gasteiger partial charge in [-0.15, -0.1) is 11.8 Å². The highest BCUT2D eigenvalue weighted by Gasteiger charge is 2.09. The largest absolute Gasteiger partial charge is 0.355 e. The predicted molar refractivity (Wildman–Crippen MR) is 91.7 cm³/mol. The standard InChI is InChI=1S/C17H21ClFNOS/c18-15-7-4-8-16(19)14(15)11-22-12-17(21)20-10-9-13-5-2-1-3-6-13/h4-5,7-8H,1-3,6,9-12H2,(H,20,21). The number of rotatable bonds is 7. The van der Waals surface area contributed by atoms with Crippen LogP contribution in [0.3, 0.4) is 0 Å². The van der Waals surface area contributed by atoms with Crippen molar-refractivity contribution in [3.63, 3.8) is 0 Å². The van der Waals surface area contributed by atoms with E-state index in [0.29, 0.717) is 28.6 Å². The number of amides is 1. The van der Waals surface area contributed by atoms with Crippen molar-refractivity contribution in [2.75, 3.05) is 12.3 Å². The van der Waals surface area contributed by atoms with Crippen molar-refractivity contribution in [2.45, 2.75) is 37.9 Å². The van der Waals surface area contributed by atoms with Gasteiger partial charge < -0.3 is 5.32 Å². The van der Waals surface area contributed by atoms with Gasteiger partial charge in [0.25, 0.3) is 0 Å². The molecule has 1 aromatic rings. The van der Waals surface area contributed by atoms with Crippen LogP contribution in [0.2, 0.25) is 5.02 Å². The molecule has 0 aliphatic heterocycles. The van der Waals surface area contributed by atoms with Gasteiger partial charge in [0.1, 0.15) is 5.82 Å². The molecule has 0 aromatic heterocycles. The number of thioether (sulfide) groups is 1. The van der Waals surface area contributed by atoms with Gasteiger partial charge in [0, 0.05) is 22.9 Å². The third-order valence-corrected chi connectivity index (χ3v) is 5.01. The molecule has 1 N–H and O–H groups in total. The van der Waals surface area contributed by atoms with Crippen molar-refractivity contribution in [2.24, 2.45) is 0 Å². The minimum absolute atomic E-state index is 0.00567. The van der Waals surface area contributed by atoms with Gasteiger partial charge in [-0.3, -0.25) is 4.79 Å². The number of carbonyl (C=O) groups is 1. The van der Waals surface area contributed by atoms with E-state index in [1.54, 1.807) is 12.1 Å². The number of carbonyl (C=O) groups excluding carboxylic acids is 1. The lowest BCUT2D eigenvalue weighted by molar-refractivity contribution is -0.118. The highest BCUT2D eigenvalue weighted by atomic mass is 35.5. The van der Waals surface area contributed by atoms with Crippen molar-refractivity contribution in [3.8, 4) is 0 Å². The summed E-state index contributed by atoms with van der Waals surface area (Å²) in [6, 6.07) is 4.64. The minimum atomic E-state index is -0.315. The number of nitrogens with one attached hydrogen (secondary N) is 1. The Bertz CT molecular complexity index is 527. The fourth-order valence-electron chi connectivity index (χ4n) is 2.46. The third-order valence-electron chi connectivity index (χ3n) is 3.69. The van der Waals surface area contributed by atoms with E-state index in [0.717, 1.165) is 12.8 Å². The van der Waals surface area contributed by atoms with Gasteiger partial charge >= 0.3 is 0 Å². The second-order valence-corrected chi connectivity index (χ2v) is 6.79. The first kappa shape index (κ1) is 17.4. The fraction of sp³-hybridized carbons (Fsp3) is 0.471. The third kappa shape index (κ3) is 5.65. The normalized spacial score (nSPS) is 14.5. The SMILES string of the molecule is O=C(CSCc1c(F)cccc1Cl)NCCC1=CCCCC1. The Hall–Kier alpha value is -1.00. The number of halogens is 2. The topological polar surface area (TPSA) is 29.1 Å². The molecule has 2 rings (SSSR count). The van der Waals surface area contributed by atoms with Gasteiger partial charge in [-0.2, -0.15) is 0 Å². The maximum absolute atomic E-state index is 13.6. The van der Waals surface area contributed by atoms with Crippen LogP contribution in [0.4, 0.5) is 4.39 Å². The number of benzene rings is 1. The number of allylic oxidation sites excluding steroid dienone is 1. The minimum Gasteiger partial charge on any atom is -0.355 e. The van der Waals surface area contributed by atoms with Gasteiger partial charge in [-0.25, -0.2) is 4.39 Å². The van der Waals surface area contributed by atoms with E-state index in [9.17, 15) is 9.18 Å². The van der Waals surface area contributed by atoms with E-state index < -0.39 is 0 Å². The molecule has 0 radical (unpaired) electrons. The van der Waals surface area contributed by atoms with E-state index in [1.165, 1.54) is 42.7 Å². The van der Waals surface area contributed by atoms with Gasteiger partial charge in [0.2, 0.25) is 5.91 Å². The molecule has 22 heavy (non-hydrogen) atoms. The Morgan fingerprint density at radius 3 is 2.95 bits per heavy atom. The number of hydrogen-bond acceptors (Lipinski definition) is 2. The molecule has 0 saturated carbocycles. The summed E-state index contributed by atoms with van der Waals surface area (Å²) < 4.78 is 13.6. The Labute approximate surface area is 140 Å². The first-order chi connectivity index (χ1) is 10.7. The molecule has 5 heteroatoms. The second-order valence-electron chi connectivity index (χ2n) is 5.40. The van der Waals surface area contributed by atoms with Crippen LogP contribution in [-0.4, -0.2) is 18.2 Å². The van der Waals surface area contributed by atoms with Crippen molar-refractivity contribution < 1.29 is 9.18 Å². The van der Waals surface area contributed by atoms with Crippen LogP contribution >= 0.6 is 23.4 Å². The Kier molecular flexibility index (Phi) is 7.26. The molecule has 1 aromatic carbocycles. The lowest BCUT2D eigenvalue weighted by Gasteiger charge is -2.13. The summed E-state index contributed by atoms with van der Waals surface area (Å²) in [5.74, 6) is 0.409. The molecule has 0 spiro atoms. The average molecular weight is 342 g/mol. The zero-order valence-electron chi connectivity index (χ0n) is 12.5. The molecule has 1 aliphatic carbocycles. The fourth-order valence-corrected chi connectivity index (χ4v) is 3.66. The second kappa shape index (κ2) is 9.21. The zero-order chi connectivity index (χ0) is 15.8. The smallest absolute Gasteiger partial charge is 0.230 e. The molecule has 0 saturated heterocycles. The molecular formula is C17H21ClFNOS. The van der Waals surface area contributed by atoms with Crippen LogP contribution < -0.4 is 5.32 Å². The molecule has 0 bridgehead atoms. The summed E-state index contributed by atoms with van der Waals surface area (Å²) in [4.78, 5) is 11.8. The van der Waals surface area contributed by atoms with Crippen molar-refractivity contribution in [1.82, 2.24) is 5.32 Å². The van der Waals surface area contributed by atoms with Crippen LogP contribution in [0, 0.1) is 5.82 Å². The quantitative estimate of drug-likeness (QED) is 0.727. The van der Waals surface area contributed by atoms with Crippen molar-refractivity contribution in [1.29, 1.82) is 0 Å². The molecular weight excluding hydrogens is 321 g/mol. The van der Waals surface area contributed by atoms with Crippen LogP contribution in [-0.2, 0) is 10.5 Å². The van der Waals surface area contributed by atoms with E-state index in [4.69, 9.17) is 11.6 Å².